The van der Waals surface area contributed by atoms with E-state index in [1.54, 1.807) is 6.92 Å². The first-order chi connectivity index (χ1) is 9.79. The van der Waals surface area contributed by atoms with Gasteiger partial charge >= 0.3 is 0 Å². The van der Waals surface area contributed by atoms with Crippen molar-refractivity contribution >= 4 is 10.0 Å². The third kappa shape index (κ3) is 3.39. The van der Waals surface area contributed by atoms with Gasteiger partial charge in [0.1, 0.15) is 10.7 Å². The van der Waals surface area contributed by atoms with E-state index >= 15 is 0 Å². The Balaban J connectivity index is 2.36. The van der Waals surface area contributed by atoms with Gasteiger partial charge in [-0.25, -0.2) is 21.9 Å². The van der Waals surface area contributed by atoms with Crippen molar-refractivity contribution in [3.8, 4) is 0 Å². The summed E-state index contributed by atoms with van der Waals surface area (Å²) in [4.78, 5) is -0.586. The lowest BCUT2D eigenvalue weighted by atomic mass is 9.94. The molecule has 21 heavy (non-hydrogen) atoms. The topological polar surface area (TPSA) is 81.4 Å². The van der Waals surface area contributed by atoms with Crippen LogP contribution in [0.5, 0.6) is 0 Å². The Morgan fingerprint density at radius 1 is 1.33 bits per heavy atom. The van der Waals surface area contributed by atoms with E-state index in [2.05, 4.69) is 4.72 Å². The van der Waals surface area contributed by atoms with E-state index in [0.717, 1.165) is 12.1 Å². The quantitative estimate of drug-likeness (QED) is 0.875. The molecule has 2 rings (SSSR count). The Morgan fingerprint density at radius 2 is 1.95 bits per heavy atom. The summed E-state index contributed by atoms with van der Waals surface area (Å²) < 4.78 is 59.9. The third-order valence-corrected chi connectivity index (χ3v) is 5.28. The van der Waals surface area contributed by atoms with Crippen molar-refractivity contribution in [2.45, 2.75) is 36.7 Å². The van der Waals surface area contributed by atoms with E-state index in [1.807, 2.05) is 0 Å². The molecule has 5 nitrogen and oxygen atoms in total. The summed E-state index contributed by atoms with van der Waals surface area (Å²) in [7, 11) is -4.10. The molecule has 8 heteroatoms. The second kappa shape index (κ2) is 5.96. The van der Waals surface area contributed by atoms with Crippen LogP contribution in [-0.4, -0.2) is 27.2 Å². The molecule has 0 atom stereocenters. The van der Waals surface area contributed by atoms with Crippen molar-refractivity contribution in [3.63, 3.8) is 0 Å². The number of benzene rings is 1. The number of hydrogen-bond acceptors (Lipinski definition) is 4. The van der Waals surface area contributed by atoms with Gasteiger partial charge in [0, 0.05) is 30.9 Å². The number of nitrogens with one attached hydrogen (secondary N) is 1. The molecule has 1 aromatic carbocycles. The molecule has 1 aliphatic rings. The SMILES string of the molecule is CC1(NS(=O)(=O)c2ccc(F)c(CN)c2F)CCOCC1. The van der Waals surface area contributed by atoms with Gasteiger partial charge in [-0.3, -0.25) is 0 Å². The average molecular weight is 320 g/mol. The second-order valence-corrected chi connectivity index (χ2v) is 6.97. The number of hydrogen-bond donors (Lipinski definition) is 2. The predicted octanol–water partition coefficient (Wildman–Crippen LogP) is 1.27. The number of sulfonamides is 1. The molecule has 0 aliphatic carbocycles. The lowest BCUT2D eigenvalue weighted by Gasteiger charge is -2.34. The number of halogens is 2. The molecule has 0 spiro atoms. The molecule has 0 radical (unpaired) electrons. The fraction of sp³-hybridized carbons (Fsp3) is 0.538. The van der Waals surface area contributed by atoms with Gasteiger partial charge in [-0.15, -0.1) is 0 Å². The molecule has 1 heterocycles. The molecule has 0 bridgehead atoms. The lowest BCUT2D eigenvalue weighted by molar-refractivity contribution is 0.0537. The monoisotopic (exact) mass is 320 g/mol. The van der Waals surface area contributed by atoms with Crippen LogP contribution in [0.2, 0.25) is 0 Å². The predicted molar refractivity (Wildman–Crippen MR) is 73.0 cm³/mol. The molecule has 1 saturated heterocycles. The first-order valence-electron chi connectivity index (χ1n) is 6.58. The van der Waals surface area contributed by atoms with Crippen molar-refractivity contribution in [2.24, 2.45) is 5.73 Å². The van der Waals surface area contributed by atoms with Crippen LogP contribution in [0.25, 0.3) is 0 Å². The van der Waals surface area contributed by atoms with Crippen LogP contribution < -0.4 is 10.5 Å². The van der Waals surface area contributed by atoms with Crippen molar-refractivity contribution in [1.82, 2.24) is 4.72 Å². The van der Waals surface area contributed by atoms with Crippen LogP contribution in [-0.2, 0) is 21.3 Å². The normalized spacial score (nSPS) is 18.7. The molecule has 0 saturated carbocycles. The summed E-state index contributed by atoms with van der Waals surface area (Å²) >= 11 is 0. The zero-order valence-corrected chi connectivity index (χ0v) is 12.5. The Morgan fingerprint density at radius 3 is 2.52 bits per heavy atom. The highest BCUT2D eigenvalue weighted by Gasteiger charge is 2.34. The van der Waals surface area contributed by atoms with E-state index in [-0.39, 0.29) is 0 Å². The molecule has 0 unspecified atom stereocenters. The maximum absolute atomic E-state index is 14.1. The molecule has 1 aromatic rings. The molecule has 0 amide bonds. The first kappa shape index (κ1) is 16.3. The van der Waals surface area contributed by atoms with E-state index in [9.17, 15) is 17.2 Å². The van der Waals surface area contributed by atoms with E-state index < -0.39 is 44.2 Å². The Labute approximate surface area is 122 Å². The van der Waals surface area contributed by atoms with Crippen LogP contribution in [0.4, 0.5) is 8.78 Å². The summed E-state index contributed by atoms with van der Waals surface area (Å²) in [5.74, 6) is -1.99. The third-order valence-electron chi connectivity index (χ3n) is 3.62. The van der Waals surface area contributed by atoms with Crippen LogP contribution in [0.1, 0.15) is 25.3 Å². The molecule has 1 aliphatic heterocycles. The highest BCUT2D eigenvalue weighted by atomic mass is 32.2. The van der Waals surface area contributed by atoms with Crippen molar-refractivity contribution in [2.75, 3.05) is 13.2 Å². The van der Waals surface area contributed by atoms with Crippen molar-refractivity contribution < 1.29 is 21.9 Å². The molecule has 3 N–H and O–H groups in total. The molecule has 118 valence electrons. The molecule has 1 fully saturated rings. The Hall–Kier alpha value is -1.09. The average Bonchev–Trinajstić information content (AvgIpc) is 2.38. The second-order valence-electron chi connectivity index (χ2n) is 5.32. The van der Waals surface area contributed by atoms with Crippen molar-refractivity contribution in [3.05, 3.63) is 29.3 Å². The van der Waals surface area contributed by atoms with Crippen LogP contribution in [0.3, 0.4) is 0 Å². The summed E-state index contributed by atoms with van der Waals surface area (Å²) in [6.07, 6.45) is 0.970. The van der Waals surface area contributed by atoms with Gasteiger partial charge < -0.3 is 10.5 Å². The fourth-order valence-electron chi connectivity index (χ4n) is 2.27. The standard InChI is InChI=1S/C13H18F2N2O3S/c1-13(4-6-20-7-5-13)17-21(18,19)11-3-2-10(14)9(8-16)12(11)15/h2-3,17H,4-8,16H2,1H3. The zero-order valence-electron chi connectivity index (χ0n) is 11.7. The maximum Gasteiger partial charge on any atom is 0.243 e. The van der Waals surface area contributed by atoms with E-state index in [0.29, 0.717) is 26.1 Å². The molecular weight excluding hydrogens is 302 g/mol. The van der Waals surface area contributed by atoms with Gasteiger partial charge in [0.05, 0.1) is 0 Å². The van der Waals surface area contributed by atoms with Crippen LogP contribution >= 0.6 is 0 Å². The summed E-state index contributed by atoms with van der Waals surface area (Å²) in [6, 6.07) is 1.82. The summed E-state index contributed by atoms with van der Waals surface area (Å²) in [6.45, 7) is 2.18. The highest BCUT2D eigenvalue weighted by Crippen LogP contribution is 2.26. The smallest absolute Gasteiger partial charge is 0.243 e. The minimum Gasteiger partial charge on any atom is -0.381 e. The minimum absolute atomic E-state index is 0.411. The van der Waals surface area contributed by atoms with Crippen molar-refractivity contribution in [1.29, 1.82) is 0 Å². The van der Waals surface area contributed by atoms with Gasteiger partial charge in [-0.2, -0.15) is 0 Å². The highest BCUT2D eigenvalue weighted by molar-refractivity contribution is 7.89. The first-order valence-corrected chi connectivity index (χ1v) is 8.06. The lowest BCUT2D eigenvalue weighted by Crippen LogP contribution is -2.49. The maximum atomic E-state index is 14.1. The van der Waals surface area contributed by atoms with Gasteiger partial charge in [0.15, 0.2) is 5.82 Å². The Bertz CT molecular complexity index is 629. The van der Waals surface area contributed by atoms with Gasteiger partial charge in [-0.1, -0.05) is 0 Å². The summed E-state index contributed by atoms with van der Waals surface area (Å²) in [5.41, 5.74) is 4.12. The fourth-order valence-corrected chi connectivity index (χ4v) is 3.84. The van der Waals surface area contributed by atoms with Gasteiger partial charge in [-0.05, 0) is 31.9 Å². The van der Waals surface area contributed by atoms with Gasteiger partial charge in [0.2, 0.25) is 10.0 Å². The van der Waals surface area contributed by atoms with E-state index in [4.69, 9.17) is 10.5 Å². The molecular formula is C13H18F2N2O3S. The minimum atomic E-state index is -4.10. The van der Waals surface area contributed by atoms with Gasteiger partial charge in [0.25, 0.3) is 0 Å². The summed E-state index contributed by atoms with van der Waals surface area (Å²) in [5, 5.41) is 0. The number of nitrogens with two attached hydrogens (primary N) is 1. The van der Waals surface area contributed by atoms with E-state index in [1.165, 1.54) is 0 Å². The largest absolute Gasteiger partial charge is 0.381 e. The van der Waals surface area contributed by atoms with Crippen LogP contribution in [0, 0.1) is 11.6 Å². The Kier molecular flexibility index (Phi) is 4.62. The molecule has 0 aromatic heterocycles. The number of ether oxygens (including phenoxy) is 1. The van der Waals surface area contributed by atoms with Crippen LogP contribution in [0.15, 0.2) is 17.0 Å². The number of rotatable bonds is 4. The zero-order chi connectivity index (χ0) is 15.7.